The lowest BCUT2D eigenvalue weighted by molar-refractivity contribution is 0.0768. The van der Waals surface area contributed by atoms with Gasteiger partial charge < -0.3 is 14.5 Å². The molecule has 0 bridgehead atoms. The predicted molar refractivity (Wildman–Crippen MR) is 61.4 cm³/mol. The summed E-state index contributed by atoms with van der Waals surface area (Å²) in [5, 5.41) is 6.53. The van der Waals surface area contributed by atoms with E-state index in [1.54, 1.807) is 23.9 Å². The van der Waals surface area contributed by atoms with Crippen molar-refractivity contribution in [2.24, 2.45) is 0 Å². The molecule has 3 heterocycles. The summed E-state index contributed by atoms with van der Waals surface area (Å²) in [7, 11) is 0. The van der Waals surface area contributed by atoms with Gasteiger partial charge in [-0.1, -0.05) is 0 Å². The monoisotopic (exact) mass is 236 g/mol. The van der Waals surface area contributed by atoms with Crippen molar-refractivity contribution in [3.8, 4) is 11.3 Å². The second-order valence-electron chi connectivity index (χ2n) is 3.66. The number of nitrogens with zero attached hydrogens (tertiary/aromatic N) is 1. The van der Waals surface area contributed by atoms with Crippen LogP contribution in [0.2, 0.25) is 0 Å². The van der Waals surface area contributed by atoms with Crippen LogP contribution in [0, 0.1) is 0 Å². The lowest BCUT2D eigenvalue weighted by Gasteiger charge is -2.21. The number of thiazole rings is 1. The van der Waals surface area contributed by atoms with Gasteiger partial charge in [-0.3, -0.25) is 0 Å². The van der Waals surface area contributed by atoms with E-state index >= 15 is 0 Å². The number of furan rings is 1. The van der Waals surface area contributed by atoms with Crippen LogP contribution in [0.4, 0.5) is 0 Å². The summed E-state index contributed by atoms with van der Waals surface area (Å²) in [6.45, 7) is 2.39. The van der Waals surface area contributed by atoms with Crippen LogP contribution in [0.15, 0.2) is 28.4 Å². The summed E-state index contributed by atoms with van der Waals surface area (Å²) in [5.74, 6) is 0. The van der Waals surface area contributed by atoms with E-state index in [0.717, 1.165) is 29.4 Å². The standard InChI is InChI=1S/C11H12N2O2S/c1-3-14-5-8(1)10-7-16-11(13-10)9-6-15-4-2-12-9/h1,3,5,7,9,12H,2,4,6H2. The number of aromatic nitrogens is 1. The Morgan fingerprint density at radius 1 is 1.50 bits per heavy atom. The van der Waals surface area contributed by atoms with Gasteiger partial charge in [0, 0.05) is 17.5 Å². The second kappa shape index (κ2) is 4.37. The minimum Gasteiger partial charge on any atom is -0.472 e. The second-order valence-corrected chi connectivity index (χ2v) is 4.55. The summed E-state index contributed by atoms with van der Waals surface area (Å²) in [4.78, 5) is 4.59. The van der Waals surface area contributed by atoms with Crippen molar-refractivity contribution in [3.05, 3.63) is 29.0 Å². The SMILES string of the molecule is c1cc(-c2csc(C3COCCN3)n2)co1. The molecule has 84 valence electrons. The maximum Gasteiger partial charge on any atom is 0.113 e. The quantitative estimate of drug-likeness (QED) is 0.867. The largest absolute Gasteiger partial charge is 0.472 e. The Morgan fingerprint density at radius 3 is 3.25 bits per heavy atom. The lowest BCUT2D eigenvalue weighted by Crippen LogP contribution is -2.34. The van der Waals surface area contributed by atoms with E-state index in [-0.39, 0.29) is 6.04 Å². The fourth-order valence-electron chi connectivity index (χ4n) is 1.71. The molecule has 3 rings (SSSR count). The molecule has 1 unspecified atom stereocenters. The van der Waals surface area contributed by atoms with E-state index in [1.165, 1.54) is 0 Å². The zero-order valence-corrected chi connectivity index (χ0v) is 9.50. The highest BCUT2D eigenvalue weighted by molar-refractivity contribution is 7.10. The van der Waals surface area contributed by atoms with Gasteiger partial charge in [-0.2, -0.15) is 0 Å². The van der Waals surface area contributed by atoms with E-state index in [1.807, 2.05) is 6.07 Å². The maximum atomic E-state index is 5.42. The van der Waals surface area contributed by atoms with Gasteiger partial charge in [0.1, 0.15) is 5.01 Å². The number of ether oxygens (including phenoxy) is 1. The molecule has 1 fully saturated rings. The van der Waals surface area contributed by atoms with E-state index < -0.39 is 0 Å². The fraction of sp³-hybridized carbons (Fsp3) is 0.364. The van der Waals surface area contributed by atoms with Crippen molar-refractivity contribution in [2.45, 2.75) is 6.04 Å². The van der Waals surface area contributed by atoms with E-state index in [9.17, 15) is 0 Å². The lowest BCUT2D eigenvalue weighted by atomic mass is 10.2. The Kier molecular flexibility index (Phi) is 2.73. The Hall–Kier alpha value is -1.17. The van der Waals surface area contributed by atoms with E-state index in [2.05, 4.69) is 15.7 Å². The molecule has 0 saturated carbocycles. The first-order valence-corrected chi connectivity index (χ1v) is 6.10. The van der Waals surface area contributed by atoms with Crippen molar-refractivity contribution in [3.63, 3.8) is 0 Å². The average Bonchev–Trinajstić information content (AvgIpc) is 3.01. The first-order valence-electron chi connectivity index (χ1n) is 5.22. The average molecular weight is 236 g/mol. The molecule has 1 atom stereocenters. The third kappa shape index (κ3) is 1.89. The molecule has 0 amide bonds. The molecular formula is C11H12N2O2S. The van der Waals surface area contributed by atoms with Crippen molar-refractivity contribution >= 4 is 11.3 Å². The Labute approximate surface area is 97.3 Å². The van der Waals surface area contributed by atoms with Crippen LogP contribution in [-0.4, -0.2) is 24.7 Å². The van der Waals surface area contributed by atoms with Gasteiger partial charge in [-0.25, -0.2) is 4.98 Å². The Morgan fingerprint density at radius 2 is 2.50 bits per heavy atom. The smallest absolute Gasteiger partial charge is 0.113 e. The van der Waals surface area contributed by atoms with Crippen LogP contribution in [0.25, 0.3) is 11.3 Å². The minimum absolute atomic E-state index is 0.236. The highest BCUT2D eigenvalue weighted by Crippen LogP contribution is 2.26. The maximum absolute atomic E-state index is 5.42. The van der Waals surface area contributed by atoms with Crippen LogP contribution in [0.3, 0.4) is 0 Å². The van der Waals surface area contributed by atoms with Gasteiger partial charge in [0.15, 0.2) is 0 Å². The molecule has 4 nitrogen and oxygen atoms in total. The number of morpholine rings is 1. The summed E-state index contributed by atoms with van der Waals surface area (Å²) in [6, 6.07) is 2.16. The number of hydrogen-bond acceptors (Lipinski definition) is 5. The first kappa shape index (κ1) is 10.0. The molecule has 5 heteroatoms. The van der Waals surface area contributed by atoms with Gasteiger partial charge in [0.05, 0.1) is 37.5 Å². The van der Waals surface area contributed by atoms with Gasteiger partial charge in [0.2, 0.25) is 0 Å². The number of rotatable bonds is 2. The number of nitrogens with one attached hydrogen (secondary N) is 1. The van der Waals surface area contributed by atoms with Gasteiger partial charge >= 0.3 is 0 Å². The molecule has 0 aromatic carbocycles. The van der Waals surface area contributed by atoms with E-state index in [4.69, 9.17) is 9.15 Å². The van der Waals surface area contributed by atoms with Crippen LogP contribution in [0.5, 0.6) is 0 Å². The van der Waals surface area contributed by atoms with Crippen LogP contribution in [-0.2, 0) is 4.74 Å². The molecule has 1 aliphatic heterocycles. The molecule has 1 saturated heterocycles. The molecule has 0 aliphatic carbocycles. The highest BCUT2D eigenvalue weighted by Gasteiger charge is 2.18. The van der Waals surface area contributed by atoms with Gasteiger partial charge in [-0.15, -0.1) is 11.3 Å². The Balaban J connectivity index is 1.82. The molecule has 0 spiro atoms. The fourth-order valence-corrected chi connectivity index (χ4v) is 2.60. The van der Waals surface area contributed by atoms with E-state index in [0.29, 0.717) is 6.61 Å². The first-order chi connectivity index (χ1) is 7.93. The molecule has 1 aliphatic rings. The third-order valence-electron chi connectivity index (χ3n) is 2.56. The topological polar surface area (TPSA) is 47.3 Å². The molecule has 2 aromatic heterocycles. The van der Waals surface area contributed by atoms with Crippen molar-refractivity contribution in [2.75, 3.05) is 19.8 Å². The molecule has 16 heavy (non-hydrogen) atoms. The zero-order valence-electron chi connectivity index (χ0n) is 8.68. The highest BCUT2D eigenvalue weighted by atomic mass is 32.1. The van der Waals surface area contributed by atoms with Crippen molar-refractivity contribution in [1.82, 2.24) is 10.3 Å². The minimum atomic E-state index is 0.236. The van der Waals surface area contributed by atoms with Crippen molar-refractivity contribution < 1.29 is 9.15 Å². The van der Waals surface area contributed by atoms with Gasteiger partial charge in [0.25, 0.3) is 0 Å². The summed E-state index contributed by atoms with van der Waals surface area (Å²) in [6.07, 6.45) is 3.37. The van der Waals surface area contributed by atoms with Gasteiger partial charge in [-0.05, 0) is 6.07 Å². The normalized spacial score (nSPS) is 21.1. The number of hydrogen-bond donors (Lipinski definition) is 1. The summed E-state index contributed by atoms with van der Waals surface area (Å²) < 4.78 is 10.5. The third-order valence-corrected chi connectivity index (χ3v) is 3.52. The van der Waals surface area contributed by atoms with Crippen molar-refractivity contribution in [1.29, 1.82) is 0 Å². The molecule has 0 radical (unpaired) electrons. The summed E-state index contributed by atoms with van der Waals surface area (Å²) >= 11 is 1.66. The molecule has 2 aromatic rings. The van der Waals surface area contributed by atoms with Crippen LogP contribution in [0.1, 0.15) is 11.0 Å². The molecular weight excluding hydrogens is 224 g/mol. The zero-order chi connectivity index (χ0) is 10.8. The molecule has 1 N–H and O–H groups in total. The van der Waals surface area contributed by atoms with Crippen LogP contribution < -0.4 is 5.32 Å². The summed E-state index contributed by atoms with van der Waals surface area (Å²) in [5.41, 5.74) is 2.00. The Bertz CT molecular complexity index is 446. The van der Waals surface area contributed by atoms with Crippen LogP contribution >= 0.6 is 11.3 Å². The predicted octanol–water partition coefficient (Wildman–Crippen LogP) is 2.06.